The van der Waals surface area contributed by atoms with Crippen molar-refractivity contribution < 1.29 is 26.9 Å². The maximum absolute atomic E-state index is 13.8. The van der Waals surface area contributed by atoms with Crippen molar-refractivity contribution >= 4 is 33.1 Å². The number of sulfonamides is 1. The molecule has 1 fully saturated rings. The van der Waals surface area contributed by atoms with Gasteiger partial charge in [-0.05, 0) is 74.1 Å². The number of nitrogens with zero attached hydrogens (tertiary/aromatic N) is 3. The van der Waals surface area contributed by atoms with Gasteiger partial charge >= 0.3 is 0 Å². The van der Waals surface area contributed by atoms with Crippen LogP contribution < -0.4 is 14.8 Å². The second-order valence-corrected chi connectivity index (χ2v) is 11.5. The Labute approximate surface area is 237 Å². The normalized spacial score (nSPS) is 14.1. The van der Waals surface area contributed by atoms with Crippen molar-refractivity contribution in [1.82, 2.24) is 15.0 Å². The number of pyridine rings is 1. The van der Waals surface area contributed by atoms with Crippen LogP contribution >= 0.6 is 0 Å². The fraction of sp³-hybridized carbons (Fsp3) is 0.276. The van der Waals surface area contributed by atoms with Crippen LogP contribution in [-0.2, 0) is 10.0 Å². The van der Waals surface area contributed by atoms with E-state index >= 15 is 0 Å². The zero-order chi connectivity index (χ0) is 29.1. The highest BCUT2D eigenvalue weighted by Crippen LogP contribution is 2.34. The Morgan fingerprint density at radius 3 is 2.46 bits per heavy atom. The first kappa shape index (κ1) is 28.1. The van der Waals surface area contributed by atoms with Crippen molar-refractivity contribution in [3.63, 3.8) is 0 Å². The van der Waals surface area contributed by atoms with E-state index in [1.54, 1.807) is 43.2 Å². The van der Waals surface area contributed by atoms with Gasteiger partial charge in [0.25, 0.3) is 15.9 Å². The molecule has 0 atom stereocenters. The second-order valence-electron chi connectivity index (χ2n) is 9.89. The summed E-state index contributed by atoms with van der Waals surface area (Å²) in [5.41, 5.74) is 3.41. The van der Waals surface area contributed by atoms with Crippen molar-refractivity contribution in [2.24, 2.45) is 0 Å². The van der Waals surface area contributed by atoms with Gasteiger partial charge in [-0.3, -0.25) is 9.52 Å². The Morgan fingerprint density at radius 2 is 1.83 bits per heavy atom. The molecule has 1 amide bonds. The monoisotopic (exact) mass is 579 g/mol. The fourth-order valence-corrected chi connectivity index (χ4v) is 6.17. The highest BCUT2D eigenvalue weighted by molar-refractivity contribution is 7.92. The van der Waals surface area contributed by atoms with Gasteiger partial charge in [0, 0.05) is 36.6 Å². The molecule has 2 aromatic heterocycles. The lowest BCUT2D eigenvalue weighted by molar-refractivity contribution is 0.0713. The zero-order valence-electron chi connectivity index (χ0n) is 22.8. The van der Waals surface area contributed by atoms with E-state index in [1.165, 1.54) is 30.7 Å². The van der Waals surface area contributed by atoms with Crippen LogP contribution in [0.2, 0.25) is 0 Å². The standard InChI is InChI=1S/C29H30FN5O5S/c1-18-16-23(39-3)8-9-25(18)32-27-19(2)28(41(37,38)34-26-12-15-40-33-26)31-17-24(27)29(36)35-13-10-21(11-14-35)20-4-6-22(30)7-5-20/h4-9,12,15-17,21H,10-11,13-14H2,1-3H3,(H,31,32)(H,33,34). The molecule has 5 rings (SSSR count). The van der Waals surface area contributed by atoms with Gasteiger partial charge in [0.15, 0.2) is 10.8 Å². The average molecular weight is 580 g/mol. The third-order valence-corrected chi connectivity index (χ3v) is 8.65. The van der Waals surface area contributed by atoms with Gasteiger partial charge in [0.1, 0.15) is 17.8 Å². The lowest BCUT2D eigenvalue weighted by Gasteiger charge is -2.33. The number of amides is 1. The summed E-state index contributed by atoms with van der Waals surface area (Å²) < 4.78 is 52.2. The number of halogens is 1. The van der Waals surface area contributed by atoms with Crippen LogP contribution in [-0.4, -0.2) is 49.6 Å². The molecule has 1 aliphatic heterocycles. The molecule has 0 bridgehead atoms. The minimum Gasteiger partial charge on any atom is -0.497 e. The molecule has 1 aliphatic rings. The minimum atomic E-state index is -4.15. The zero-order valence-corrected chi connectivity index (χ0v) is 23.7. The van der Waals surface area contributed by atoms with Gasteiger partial charge in [-0.25, -0.2) is 9.37 Å². The summed E-state index contributed by atoms with van der Waals surface area (Å²) in [7, 11) is -2.58. The van der Waals surface area contributed by atoms with Crippen molar-refractivity contribution in [1.29, 1.82) is 0 Å². The molecule has 1 saturated heterocycles. The van der Waals surface area contributed by atoms with E-state index in [4.69, 9.17) is 9.26 Å². The Morgan fingerprint density at radius 1 is 1.10 bits per heavy atom. The molecular formula is C29H30FN5O5S. The number of likely N-dealkylation sites (tertiary alicyclic amines) is 1. The Balaban J connectivity index is 1.47. The fourth-order valence-electron chi connectivity index (χ4n) is 5.00. The van der Waals surface area contributed by atoms with E-state index in [0.29, 0.717) is 30.2 Å². The quantitative estimate of drug-likeness (QED) is 0.284. The van der Waals surface area contributed by atoms with E-state index in [-0.39, 0.29) is 39.6 Å². The SMILES string of the molecule is COc1ccc(Nc2c(C(=O)N3CCC(c4ccc(F)cc4)CC3)cnc(S(=O)(=O)Nc3ccon3)c2C)c(C)c1. The molecule has 4 aromatic rings. The van der Waals surface area contributed by atoms with E-state index < -0.39 is 10.0 Å². The number of hydrogen-bond donors (Lipinski definition) is 2. The van der Waals surface area contributed by atoms with E-state index in [2.05, 4.69) is 20.2 Å². The summed E-state index contributed by atoms with van der Waals surface area (Å²) in [6, 6.07) is 13.3. The molecule has 0 spiro atoms. The van der Waals surface area contributed by atoms with Gasteiger partial charge in [0.05, 0.1) is 18.4 Å². The number of benzene rings is 2. The van der Waals surface area contributed by atoms with Crippen LogP contribution in [0.1, 0.15) is 45.8 Å². The van der Waals surface area contributed by atoms with Crippen LogP contribution in [0.3, 0.4) is 0 Å². The van der Waals surface area contributed by atoms with Crippen LogP contribution in [0.25, 0.3) is 0 Å². The molecule has 0 radical (unpaired) electrons. The van der Waals surface area contributed by atoms with Crippen LogP contribution in [0.4, 0.5) is 21.6 Å². The third-order valence-electron chi connectivity index (χ3n) is 7.25. The summed E-state index contributed by atoms with van der Waals surface area (Å²) in [6.45, 7) is 4.47. The Hall–Kier alpha value is -4.45. The second kappa shape index (κ2) is 11.6. The number of carbonyl (C=O) groups is 1. The Bertz CT molecular complexity index is 1650. The molecular weight excluding hydrogens is 549 g/mol. The number of carbonyl (C=O) groups excluding carboxylic acids is 1. The van der Waals surface area contributed by atoms with Gasteiger partial charge in [0.2, 0.25) is 0 Å². The third kappa shape index (κ3) is 6.02. The lowest BCUT2D eigenvalue weighted by atomic mass is 9.89. The number of nitrogens with one attached hydrogen (secondary N) is 2. The van der Waals surface area contributed by atoms with Crippen molar-refractivity contribution in [3.05, 3.63) is 89.1 Å². The molecule has 2 aromatic carbocycles. The minimum absolute atomic E-state index is 0.0101. The summed E-state index contributed by atoms with van der Waals surface area (Å²) in [4.78, 5) is 19.8. The Kier molecular flexibility index (Phi) is 7.93. The van der Waals surface area contributed by atoms with Gasteiger partial charge in [-0.2, -0.15) is 8.42 Å². The molecule has 12 heteroatoms. The summed E-state index contributed by atoms with van der Waals surface area (Å²) >= 11 is 0. The first-order valence-corrected chi connectivity index (χ1v) is 14.5. The summed E-state index contributed by atoms with van der Waals surface area (Å²) in [5, 5.41) is 6.65. The number of piperidine rings is 1. The van der Waals surface area contributed by atoms with Gasteiger partial charge in [-0.1, -0.05) is 17.3 Å². The highest BCUT2D eigenvalue weighted by Gasteiger charge is 2.30. The topological polar surface area (TPSA) is 127 Å². The maximum atomic E-state index is 13.8. The number of hydrogen-bond acceptors (Lipinski definition) is 8. The van der Waals surface area contributed by atoms with Crippen molar-refractivity contribution in [3.8, 4) is 5.75 Å². The molecule has 214 valence electrons. The first-order chi connectivity index (χ1) is 19.7. The first-order valence-electron chi connectivity index (χ1n) is 13.1. The molecule has 0 unspecified atom stereocenters. The van der Waals surface area contributed by atoms with E-state index in [0.717, 1.165) is 24.0 Å². The van der Waals surface area contributed by atoms with Crippen molar-refractivity contribution in [2.45, 2.75) is 37.6 Å². The summed E-state index contributed by atoms with van der Waals surface area (Å²) in [6.07, 6.45) is 3.98. The van der Waals surface area contributed by atoms with E-state index in [9.17, 15) is 17.6 Å². The average Bonchev–Trinajstić information content (AvgIpc) is 3.47. The predicted octanol–water partition coefficient (Wildman–Crippen LogP) is 5.40. The van der Waals surface area contributed by atoms with E-state index in [1.807, 2.05) is 13.0 Å². The molecule has 0 saturated carbocycles. The lowest BCUT2D eigenvalue weighted by Crippen LogP contribution is -2.38. The number of aromatic nitrogens is 2. The molecule has 0 aliphatic carbocycles. The number of methoxy groups -OCH3 is 1. The maximum Gasteiger partial charge on any atom is 0.280 e. The predicted molar refractivity (Wildman–Crippen MR) is 152 cm³/mol. The van der Waals surface area contributed by atoms with Crippen LogP contribution in [0.15, 0.2) is 70.5 Å². The van der Waals surface area contributed by atoms with Crippen LogP contribution in [0, 0.1) is 19.7 Å². The van der Waals surface area contributed by atoms with Gasteiger partial charge < -0.3 is 19.5 Å². The number of aryl methyl sites for hydroxylation is 1. The smallest absolute Gasteiger partial charge is 0.280 e. The largest absolute Gasteiger partial charge is 0.497 e. The molecule has 3 heterocycles. The van der Waals surface area contributed by atoms with Crippen LogP contribution in [0.5, 0.6) is 5.75 Å². The summed E-state index contributed by atoms with van der Waals surface area (Å²) in [5.74, 6) is 0.350. The molecule has 41 heavy (non-hydrogen) atoms. The van der Waals surface area contributed by atoms with Crippen molar-refractivity contribution in [2.75, 3.05) is 30.2 Å². The van der Waals surface area contributed by atoms with Gasteiger partial charge in [-0.15, -0.1) is 0 Å². The molecule has 10 nitrogen and oxygen atoms in total. The number of rotatable bonds is 8. The number of anilines is 3. The highest BCUT2D eigenvalue weighted by atomic mass is 32.2. The molecule has 2 N–H and O–H groups in total. The number of ether oxygens (including phenoxy) is 1.